The summed E-state index contributed by atoms with van der Waals surface area (Å²) in [5, 5.41) is 2.89. The van der Waals surface area contributed by atoms with Crippen molar-refractivity contribution in [1.82, 2.24) is 5.32 Å². The van der Waals surface area contributed by atoms with Crippen LogP contribution >= 0.6 is 0 Å². The van der Waals surface area contributed by atoms with Crippen molar-refractivity contribution in [2.75, 3.05) is 13.2 Å². The second-order valence-electron chi connectivity index (χ2n) is 4.10. The molecular formula is C14H22N2O2. The summed E-state index contributed by atoms with van der Waals surface area (Å²) in [6.07, 6.45) is 1.28. The number of hydrogen-bond acceptors (Lipinski definition) is 3. The molecule has 1 aromatic carbocycles. The maximum absolute atomic E-state index is 11.5. The van der Waals surface area contributed by atoms with E-state index < -0.39 is 0 Å². The molecule has 0 aliphatic heterocycles. The molecule has 1 rings (SSSR count). The molecular weight excluding hydrogens is 228 g/mol. The number of carbonyl (C=O) groups excluding carboxylic acids is 1. The first-order valence-corrected chi connectivity index (χ1v) is 6.38. The van der Waals surface area contributed by atoms with Crippen molar-refractivity contribution in [2.45, 2.75) is 32.9 Å². The molecule has 0 spiro atoms. The van der Waals surface area contributed by atoms with E-state index in [0.29, 0.717) is 32.7 Å². The Hall–Kier alpha value is -1.39. The number of rotatable bonds is 8. The Morgan fingerprint density at radius 1 is 1.39 bits per heavy atom. The molecule has 1 aromatic rings. The number of nitrogens with one attached hydrogen (secondary N) is 1. The lowest BCUT2D eigenvalue weighted by Gasteiger charge is -2.06. The van der Waals surface area contributed by atoms with Crippen LogP contribution in [0.4, 0.5) is 0 Å². The average Bonchev–Trinajstić information content (AvgIpc) is 2.41. The van der Waals surface area contributed by atoms with Crippen LogP contribution in [-0.4, -0.2) is 19.1 Å². The van der Waals surface area contributed by atoms with Gasteiger partial charge >= 0.3 is 0 Å². The zero-order valence-electron chi connectivity index (χ0n) is 10.9. The van der Waals surface area contributed by atoms with E-state index in [4.69, 9.17) is 10.5 Å². The molecule has 100 valence electrons. The first kappa shape index (κ1) is 14.7. The summed E-state index contributed by atoms with van der Waals surface area (Å²) in [4.78, 5) is 11.5. The average molecular weight is 250 g/mol. The number of ether oxygens (including phenoxy) is 1. The summed E-state index contributed by atoms with van der Waals surface area (Å²) in [5.74, 6) is 0.0628. The lowest BCUT2D eigenvalue weighted by atomic mass is 10.1. The summed E-state index contributed by atoms with van der Waals surface area (Å²) in [7, 11) is 0. The van der Waals surface area contributed by atoms with Crippen LogP contribution < -0.4 is 11.1 Å². The van der Waals surface area contributed by atoms with Crippen LogP contribution in [0.2, 0.25) is 0 Å². The number of nitrogens with two attached hydrogens (primary N) is 1. The van der Waals surface area contributed by atoms with Gasteiger partial charge in [-0.3, -0.25) is 4.79 Å². The van der Waals surface area contributed by atoms with Gasteiger partial charge in [-0.1, -0.05) is 24.3 Å². The highest BCUT2D eigenvalue weighted by atomic mass is 16.5. The summed E-state index contributed by atoms with van der Waals surface area (Å²) >= 11 is 0. The molecule has 0 saturated heterocycles. The third-order valence-electron chi connectivity index (χ3n) is 2.61. The molecule has 0 radical (unpaired) electrons. The number of hydrogen-bond donors (Lipinski definition) is 2. The van der Waals surface area contributed by atoms with E-state index in [9.17, 15) is 4.79 Å². The smallest absolute Gasteiger partial charge is 0.220 e. The van der Waals surface area contributed by atoms with Crippen LogP contribution in [0.3, 0.4) is 0 Å². The summed E-state index contributed by atoms with van der Waals surface area (Å²) in [5.41, 5.74) is 7.73. The summed E-state index contributed by atoms with van der Waals surface area (Å²) in [6, 6.07) is 7.94. The Labute approximate surface area is 109 Å². The van der Waals surface area contributed by atoms with E-state index in [2.05, 4.69) is 5.32 Å². The molecule has 3 N–H and O–H groups in total. The van der Waals surface area contributed by atoms with Gasteiger partial charge in [0.25, 0.3) is 0 Å². The Bertz CT molecular complexity index is 367. The highest BCUT2D eigenvalue weighted by Gasteiger charge is 2.01. The predicted octanol–water partition coefficient (Wildman–Crippen LogP) is 1.58. The Kier molecular flexibility index (Phi) is 7.06. The van der Waals surface area contributed by atoms with Gasteiger partial charge in [0.15, 0.2) is 0 Å². The Morgan fingerprint density at radius 2 is 2.17 bits per heavy atom. The van der Waals surface area contributed by atoms with Gasteiger partial charge in [0.1, 0.15) is 0 Å². The highest BCUT2D eigenvalue weighted by molar-refractivity contribution is 5.75. The minimum absolute atomic E-state index is 0.0628. The fourth-order valence-corrected chi connectivity index (χ4v) is 1.63. The third-order valence-corrected chi connectivity index (χ3v) is 2.61. The predicted molar refractivity (Wildman–Crippen MR) is 71.9 cm³/mol. The minimum atomic E-state index is 0.0628. The first-order chi connectivity index (χ1) is 8.76. The Morgan fingerprint density at radius 3 is 2.89 bits per heavy atom. The van der Waals surface area contributed by atoms with Gasteiger partial charge in [0.05, 0.1) is 0 Å². The number of amides is 1. The fourth-order valence-electron chi connectivity index (χ4n) is 1.63. The van der Waals surface area contributed by atoms with Crippen molar-refractivity contribution in [3.05, 3.63) is 35.4 Å². The van der Waals surface area contributed by atoms with Gasteiger partial charge < -0.3 is 15.8 Å². The van der Waals surface area contributed by atoms with Crippen LogP contribution in [0.25, 0.3) is 0 Å². The van der Waals surface area contributed by atoms with Crippen molar-refractivity contribution in [1.29, 1.82) is 0 Å². The topological polar surface area (TPSA) is 64.3 Å². The normalized spacial score (nSPS) is 10.3. The molecule has 0 fully saturated rings. The maximum Gasteiger partial charge on any atom is 0.220 e. The molecule has 0 saturated carbocycles. The van der Waals surface area contributed by atoms with Crippen LogP contribution in [0.15, 0.2) is 24.3 Å². The highest BCUT2D eigenvalue weighted by Crippen LogP contribution is 2.04. The molecule has 0 aliphatic carbocycles. The maximum atomic E-state index is 11.5. The molecule has 4 heteroatoms. The van der Waals surface area contributed by atoms with E-state index in [1.54, 1.807) is 0 Å². The molecule has 1 amide bonds. The lowest BCUT2D eigenvalue weighted by molar-refractivity contribution is -0.121. The van der Waals surface area contributed by atoms with E-state index >= 15 is 0 Å². The number of benzene rings is 1. The van der Waals surface area contributed by atoms with Crippen molar-refractivity contribution in [2.24, 2.45) is 5.73 Å². The first-order valence-electron chi connectivity index (χ1n) is 6.38. The van der Waals surface area contributed by atoms with E-state index in [1.165, 1.54) is 0 Å². The van der Waals surface area contributed by atoms with Crippen LogP contribution in [-0.2, 0) is 22.6 Å². The van der Waals surface area contributed by atoms with Crippen molar-refractivity contribution in [3.63, 3.8) is 0 Å². The van der Waals surface area contributed by atoms with Crippen molar-refractivity contribution >= 4 is 5.91 Å². The van der Waals surface area contributed by atoms with Crippen LogP contribution in [0.1, 0.15) is 30.9 Å². The summed E-state index contributed by atoms with van der Waals surface area (Å²) < 4.78 is 5.18. The van der Waals surface area contributed by atoms with Gasteiger partial charge in [-0.15, -0.1) is 0 Å². The molecule has 0 heterocycles. The van der Waals surface area contributed by atoms with E-state index in [1.807, 2.05) is 31.2 Å². The molecule has 4 nitrogen and oxygen atoms in total. The SMILES string of the molecule is CCOCCCC(=O)NCc1cccc(CN)c1. The Balaban J connectivity index is 2.24. The number of carbonyl (C=O) groups is 1. The zero-order chi connectivity index (χ0) is 13.2. The molecule has 0 aliphatic rings. The van der Waals surface area contributed by atoms with E-state index in [-0.39, 0.29) is 5.91 Å². The second-order valence-corrected chi connectivity index (χ2v) is 4.10. The molecule has 0 atom stereocenters. The quantitative estimate of drug-likeness (QED) is 0.688. The van der Waals surface area contributed by atoms with Crippen molar-refractivity contribution < 1.29 is 9.53 Å². The monoisotopic (exact) mass is 250 g/mol. The molecule has 18 heavy (non-hydrogen) atoms. The summed E-state index contributed by atoms with van der Waals surface area (Å²) in [6.45, 7) is 4.38. The van der Waals surface area contributed by atoms with Gasteiger partial charge in [0, 0.05) is 32.7 Å². The van der Waals surface area contributed by atoms with Gasteiger partial charge in [-0.05, 0) is 24.5 Å². The molecule has 0 bridgehead atoms. The third kappa shape index (κ3) is 5.80. The van der Waals surface area contributed by atoms with Crippen LogP contribution in [0.5, 0.6) is 0 Å². The molecule has 0 unspecified atom stereocenters. The standard InChI is InChI=1S/C14H22N2O2/c1-2-18-8-4-7-14(17)16-11-13-6-3-5-12(9-13)10-15/h3,5-6,9H,2,4,7-8,10-11,15H2,1H3,(H,16,17). The molecule has 0 aromatic heterocycles. The zero-order valence-corrected chi connectivity index (χ0v) is 10.9. The van der Waals surface area contributed by atoms with Gasteiger partial charge in [-0.2, -0.15) is 0 Å². The minimum Gasteiger partial charge on any atom is -0.382 e. The lowest BCUT2D eigenvalue weighted by Crippen LogP contribution is -2.22. The van der Waals surface area contributed by atoms with Crippen molar-refractivity contribution in [3.8, 4) is 0 Å². The van der Waals surface area contributed by atoms with Gasteiger partial charge in [0.2, 0.25) is 5.91 Å². The van der Waals surface area contributed by atoms with Crippen LogP contribution in [0, 0.1) is 0 Å². The van der Waals surface area contributed by atoms with Gasteiger partial charge in [-0.25, -0.2) is 0 Å². The second kappa shape index (κ2) is 8.66. The van der Waals surface area contributed by atoms with E-state index in [0.717, 1.165) is 17.5 Å². The fraction of sp³-hybridized carbons (Fsp3) is 0.500. The largest absolute Gasteiger partial charge is 0.382 e.